The fraction of sp³-hybridized carbons (Fsp3) is 0.120. The van der Waals surface area contributed by atoms with Crippen LogP contribution >= 0.6 is 0 Å². The Hall–Kier alpha value is -4.06. The Morgan fingerprint density at radius 2 is 1.61 bits per heavy atom. The molecular weight excluding hydrogens is 392 g/mol. The summed E-state index contributed by atoms with van der Waals surface area (Å²) in [5.41, 5.74) is 2.40. The molecule has 0 aliphatic heterocycles. The van der Waals surface area contributed by atoms with E-state index in [4.69, 9.17) is 9.47 Å². The third-order valence-electron chi connectivity index (χ3n) is 4.97. The first-order valence-corrected chi connectivity index (χ1v) is 9.77. The molecule has 4 rings (SSSR count). The number of fused-ring (bicyclic) bond motifs is 1. The summed E-state index contributed by atoms with van der Waals surface area (Å²) in [6.07, 6.45) is 0.0783. The highest BCUT2D eigenvalue weighted by Gasteiger charge is 2.14. The maximum Gasteiger partial charge on any atom is 0.229 e. The second-order valence-electron chi connectivity index (χ2n) is 7.04. The smallest absolute Gasteiger partial charge is 0.229 e. The minimum absolute atomic E-state index is 0.0783. The maximum atomic E-state index is 12.6. The topological polar surface area (TPSA) is 80.7 Å². The molecule has 2 N–H and O–H groups in total. The highest BCUT2D eigenvalue weighted by atomic mass is 16.5. The van der Waals surface area contributed by atoms with Crippen LogP contribution < -0.4 is 14.8 Å². The van der Waals surface area contributed by atoms with Crippen LogP contribution in [0.1, 0.15) is 5.56 Å². The van der Waals surface area contributed by atoms with Crippen molar-refractivity contribution in [3.05, 3.63) is 78.4 Å². The van der Waals surface area contributed by atoms with Crippen LogP contribution in [-0.4, -0.2) is 30.2 Å². The van der Waals surface area contributed by atoms with E-state index >= 15 is 0 Å². The van der Waals surface area contributed by atoms with Gasteiger partial charge in [-0.25, -0.2) is 4.98 Å². The van der Waals surface area contributed by atoms with Gasteiger partial charge in [-0.1, -0.05) is 42.5 Å². The third kappa shape index (κ3) is 4.43. The van der Waals surface area contributed by atoms with Crippen molar-refractivity contribution >= 4 is 22.5 Å². The molecule has 3 aromatic carbocycles. The lowest BCUT2D eigenvalue weighted by Crippen LogP contribution is -2.15. The summed E-state index contributed by atoms with van der Waals surface area (Å²) in [5.74, 6) is 0.627. The number of carbonyl (C=O) groups excluding carboxylic acids is 1. The molecule has 0 fully saturated rings. The van der Waals surface area contributed by atoms with Crippen molar-refractivity contribution in [2.24, 2.45) is 0 Å². The fourth-order valence-electron chi connectivity index (χ4n) is 3.44. The Bertz CT molecular complexity index is 1230. The number of anilines is 1. The molecule has 0 saturated carbocycles. The van der Waals surface area contributed by atoms with Crippen LogP contribution in [0, 0.1) is 0 Å². The van der Waals surface area contributed by atoms with Crippen LogP contribution in [0.5, 0.6) is 17.2 Å². The summed E-state index contributed by atoms with van der Waals surface area (Å²) >= 11 is 0. The van der Waals surface area contributed by atoms with Crippen LogP contribution in [0.3, 0.4) is 0 Å². The number of nitrogens with one attached hydrogen (secondary N) is 1. The van der Waals surface area contributed by atoms with Crippen molar-refractivity contribution in [2.45, 2.75) is 6.42 Å². The average Bonchev–Trinajstić information content (AvgIpc) is 2.79. The molecule has 0 bridgehead atoms. The molecule has 31 heavy (non-hydrogen) atoms. The molecule has 1 aromatic heterocycles. The summed E-state index contributed by atoms with van der Waals surface area (Å²) in [7, 11) is 2.89. The molecule has 1 heterocycles. The molecule has 0 saturated heterocycles. The Morgan fingerprint density at radius 3 is 2.32 bits per heavy atom. The van der Waals surface area contributed by atoms with Gasteiger partial charge in [0.05, 0.1) is 26.3 Å². The van der Waals surface area contributed by atoms with Gasteiger partial charge in [0.1, 0.15) is 5.82 Å². The molecule has 0 radical (unpaired) electrons. The highest BCUT2D eigenvalue weighted by Crippen LogP contribution is 2.37. The molecular formula is C25H22N2O4. The van der Waals surface area contributed by atoms with Gasteiger partial charge in [-0.2, -0.15) is 0 Å². The second-order valence-corrected chi connectivity index (χ2v) is 7.04. The van der Waals surface area contributed by atoms with Gasteiger partial charge in [-0.05, 0) is 46.7 Å². The number of ether oxygens (including phenoxy) is 2. The Labute approximate surface area is 180 Å². The van der Waals surface area contributed by atoms with Crippen LogP contribution in [0.4, 0.5) is 5.82 Å². The Morgan fingerprint density at radius 1 is 0.903 bits per heavy atom. The van der Waals surface area contributed by atoms with E-state index in [-0.39, 0.29) is 29.6 Å². The Balaban J connectivity index is 1.53. The second kappa shape index (κ2) is 8.75. The van der Waals surface area contributed by atoms with E-state index in [0.29, 0.717) is 11.4 Å². The van der Waals surface area contributed by atoms with Crippen molar-refractivity contribution in [1.82, 2.24) is 4.98 Å². The largest absolute Gasteiger partial charge is 0.502 e. The number of methoxy groups -OCH3 is 2. The van der Waals surface area contributed by atoms with Crippen LogP contribution in [0.2, 0.25) is 0 Å². The van der Waals surface area contributed by atoms with Crippen molar-refractivity contribution in [3.63, 3.8) is 0 Å². The predicted molar refractivity (Wildman–Crippen MR) is 121 cm³/mol. The summed E-state index contributed by atoms with van der Waals surface area (Å²) in [6, 6.07) is 23.0. The average molecular weight is 414 g/mol. The number of carbonyl (C=O) groups is 1. The van der Waals surface area contributed by atoms with Crippen LogP contribution in [0.25, 0.3) is 22.0 Å². The zero-order valence-corrected chi connectivity index (χ0v) is 17.3. The SMILES string of the molecule is COc1cc(CC(=O)Nc2cccc(-c3ccc4ccccc4c3)n2)cc(OC)c1O. The van der Waals surface area contributed by atoms with E-state index in [1.807, 2.05) is 30.3 Å². The van der Waals surface area contributed by atoms with Gasteiger partial charge in [0.25, 0.3) is 0 Å². The zero-order valence-electron chi connectivity index (χ0n) is 17.3. The number of hydrogen-bond donors (Lipinski definition) is 2. The quantitative estimate of drug-likeness (QED) is 0.473. The van der Waals surface area contributed by atoms with Gasteiger partial charge in [0.15, 0.2) is 11.5 Å². The van der Waals surface area contributed by atoms with E-state index in [2.05, 4.69) is 34.6 Å². The summed E-state index contributed by atoms with van der Waals surface area (Å²) in [5, 5.41) is 15.2. The molecule has 0 aliphatic carbocycles. The number of aromatic hydroxyl groups is 1. The van der Waals surface area contributed by atoms with E-state index < -0.39 is 0 Å². The lowest BCUT2D eigenvalue weighted by atomic mass is 10.0. The van der Waals surface area contributed by atoms with E-state index in [0.717, 1.165) is 22.0 Å². The van der Waals surface area contributed by atoms with Crippen LogP contribution in [-0.2, 0) is 11.2 Å². The van der Waals surface area contributed by atoms with Crippen molar-refractivity contribution in [2.75, 3.05) is 19.5 Å². The molecule has 4 aromatic rings. The van der Waals surface area contributed by atoms with Crippen LogP contribution in [0.15, 0.2) is 72.8 Å². The molecule has 0 atom stereocenters. The van der Waals surface area contributed by atoms with E-state index in [1.165, 1.54) is 14.2 Å². The summed E-state index contributed by atoms with van der Waals surface area (Å²) in [6.45, 7) is 0. The molecule has 156 valence electrons. The van der Waals surface area contributed by atoms with E-state index in [1.54, 1.807) is 18.2 Å². The fourth-order valence-corrected chi connectivity index (χ4v) is 3.44. The van der Waals surface area contributed by atoms with Crippen molar-refractivity contribution in [1.29, 1.82) is 0 Å². The normalized spacial score (nSPS) is 10.6. The first-order valence-electron chi connectivity index (χ1n) is 9.77. The maximum absolute atomic E-state index is 12.6. The number of benzene rings is 3. The lowest BCUT2D eigenvalue weighted by molar-refractivity contribution is -0.115. The van der Waals surface area contributed by atoms with Gasteiger partial charge < -0.3 is 19.9 Å². The summed E-state index contributed by atoms with van der Waals surface area (Å²) in [4.78, 5) is 17.2. The standard InChI is InChI=1S/C25H22N2O4/c1-30-21-12-16(13-22(31-2)25(21)29)14-24(28)27-23-9-5-8-20(26-23)19-11-10-17-6-3-4-7-18(17)15-19/h3-13,15,29H,14H2,1-2H3,(H,26,27,28). The molecule has 1 amide bonds. The van der Waals surface area contributed by atoms with Gasteiger partial charge >= 0.3 is 0 Å². The number of nitrogens with zero attached hydrogens (tertiary/aromatic N) is 1. The first kappa shape index (κ1) is 20.2. The van der Waals surface area contributed by atoms with Crippen molar-refractivity contribution < 1.29 is 19.4 Å². The van der Waals surface area contributed by atoms with Gasteiger partial charge in [-0.3, -0.25) is 4.79 Å². The van der Waals surface area contributed by atoms with Gasteiger partial charge in [-0.15, -0.1) is 0 Å². The zero-order chi connectivity index (χ0) is 21.8. The molecule has 0 unspecified atom stereocenters. The summed E-state index contributed by atoms with van der Waals surface area (Å²) < 4.78 is 10.3. The minimum Gasteiger partial charge on any atom is -0.502 e. The molecule has 6 heteroatoms. The number of rotatable bonds is 6. The predicted octanol–water partition coefficient (Wildman–Crippen LogP) is 4.81. The van der Waals surface area contributed by atoms with Gasteiger partial charge in [0, 0.05) is 5.56 Å². The van der Waals surface area contributed by atoms with Gasteiger partial charge in [0.2, 0.25) is 11.7 Å². The monoisotopic (exact) mass is 414 g/mol. The molecule has 0 spiro atoms. The minimum atomic E-state index is -0.238. The highest BCUT2D eigenvalue weighted by molar-refractivity contribution is 5.92. The number of phenols is 1. The first-order chi connectivity index (χ1) is 15.1. The van der Waals surface area contributed by atoms with Crippen molar-refractivity contribution in [3.8, 4) is 28.5 Å². The number of amides is 1. The Kier molecular flexibility index (Phi) is 5.71. The number of hydrogen-bond acceptors (Lipinski definition) is 5. The number of aromatic nitrogens is 1. The number of pyridine rings is 1. The molecule has 6 nitrogen and oxygen atoms in total. The number of phenolic OH excluding ortho intramolecular Hbond substituents is 1. The lowest BCUT2D eigenvalue weighted by Gasteiger charge is -2.11. The van der Waals surface area contributed by atoms with E-state index in [9.17, 15) is 9.90 Å². The molecule has 0 aliphatic rings. The third-order valence-corrected chi connectivity index (χ3v) is 4.97.